The summed E-state index contributed by atoms with van der Waals surface area (Å²) in [5.41, 5.74) is 1.87. The maximum Gasteiger partial charge on any atom is 0.227 e. The second-order valence-corrected chi connectivity index (χ2v) is 7.92. The molecule has 2 aromatic rings. The standard InChI is InChI=1S/C23H29N3O3/c27-22(16-18-8-10-19(11-9-18)26-14-4-7-23(26)28)24-17-20(21-6-5-15-29-21)25-12-2-1-3-13-25/h5-6,8-11,15,20H,1-4,7,12-14,16-17H2,(H,24,27). The quantitative estimate of drug-likeness (QED) is 0.781. The van der Waals surface area contributed by atoms with Gasteiger partial charge in [-0.05, 0) is 62.2 Å². The van der Waals surface area contributed by atoms with Crippen molar-refractivity contribution in [2.75, 3.05) is 31.1 Å². The summed E-state index contributed by atoms with van der Waals surface area (Å²) in [6, 6.07) is 11.7. The molecular formula is C23H29N3O3. The Labute approximate surface area is 171 Å². The van der Waals surface area contributed by atoms with Crippen LogP contribution in [-0.2, 0) is 16.0 Å². The normalized spacial score (nSPS) is 18.8. The van der Waals surface area contributed by atoms with E-state index in [0.717, 1.165) is 43.1 Å². The first-order chi connectivity index (χ1) is 14.2. The van der Waals surface area contributed by atoms with Crippen LogP contribution in [0.2, 0.25) is 0 Å². The number of nitrogens with one attached hydrogen (secondary N) is 1. The summed E-state index contributed by atoms with van der Waals surface area (Å²) in [4.78, 5) is 28.6. The Morgan fingerprint density at radius 2 is 1.83 bits per heavy atom. The summed E-state index contributed by atoms with van der Waals surface area (Å²) >= 11 is 0. The number of carbonyl (C=O) groups excluding carboxylic acids is 2. The number of carbonyl (C=O) groups is 2. The molecular weight excluding hydrogens is 366 g/mol. The van der Waals surface area contributed by atoms with Crippen molar-refractivity contribution in [2.24, 2.45) is 0 Å². The molecule has 1 aromatic heterocycles. The van der Waals surface area contributed by atoms with E-state index in [2.05, 4.69) is 10.2 Å². The van der Waals surface area contributed by atoms with Gasteiger partial charge in [0.05, 0.1) is 18.7 Å². The van der Waals surface area contributed by atoms with Crippen molar-refractivity contribution in [1.29, 1.82) is 0 Å². The number of amides is 2. The van der Waals surface area contributed by atoms with Crippen LogP contribution in [-0.4, -0.2) is 42.9 Å². The van der Waals surface area contributed by atoms with E-state index < -0.39 is 0 Å². The number of furan rings is 1. The number of rotatable bonds is 7. The smallest absolute Gasteiger partial charge is 0.227 e. The summed E-state index contributed by atoms with van der Waals surface area (Å²) in [5, 5.41) is 3.09. The van der Waals surface area contributed by atoms with Gasteiger partial charge in [0.2, 0.25) is 11.8 Å². The fourth-order valence-corrected chi connectivity index (χ4v) is 4.29. The van der Waals surface area contributed by atoms with E-state index in [1.54, 1.807) is 6.26 Å². The largest absolute Gasteiger partial charge is 0.468 e. The third kappa shape index (κ3) is 4.88. The number of nitrogens with zero attached hydrogens (tertiary/aromatic N) is 2. The molecule has 2 aliphatic heterocycles. The molecule has 1 aromatic carbocycles. The average Bonchev–Trinajstić information content (AvgIpc) is 3.42. The lowest BCUT2D eigenvalue weighted by Gasteiger charge is -2.33. The second-order valence-electron chi connectivity index (χ2n) is 7.92. The highest BCUT2D eigenvalue weighted by atomic mass is 16.3. The van der Waals surface area contributed by atoms with Crippen LogP contribution in [0.5, 0.6) is 0 Å². The molecule has 0 bridgehead atoms. The molecule has 2 fully saturated rings. The van der Waals surface area contributed by atoms with Crippen LogP contribution < -0.4 is 10.2 Å². The Kier molecular flexibility index (Phi) is 6.30. The maximum absolute atomic E-state index is 12.5. The zero-order valence-electron chi connectivity index (χ0n) is 16.8. The zero-order chi connectivity index (χ0) is 20.1. The second kappa shape index (κ2) is 9.27. The molecule has 0 aliphatic carbocycles. The van der Waals surface area contributed by atoms with E-state index >= 15 is 0 Å². The van der Waals surface area contributed by atoms with Gasteiger partial charge in [0.1, 0.15) is 5.76 Å². The fourth-order valence-electron chi connectivity index (χ4n) is 4.29. The van der Waals surface area contributed by atoms with Gasteiger partial charge in [-0.3, -0.25) is 14.5 Å². The fraction of sp³-hybridized carbons (Fsp3) is 0.478. The van der Waals surface area contributed by atoms with Gasteiger partial charge in [0.25, 0.3) is 0 Å². The first-order valence-electron chi connectivity index (χ1n) is 10.6. The Morgan fingerprint density at radius 1 is 1.03 bits per heavy atom. The molecule has 6 nitrogen and oxygen atoms in total. The number of piperidine rings is 1. The van der Waals surface area contributed by atoms with E-state index in [1.807, 2.05) is 41.3 Å². The van der Waals surface area contributed by atoms with Crippen LogP contribution in [0, 0.1) is 0 Å². The highest BCUT2D eigenvalue weighted by molar-refractivity contribution is 5.95. The number of benzene rings is 1. The van der Waals surface area contributed by atoms with E-state index in [9.17, 15) is 9.59 Å². The molecule has 2 saturated heterocycles. The predicted octanol–water partition coefficient (Wildman–Crippen LogP) is 3.29. The van der Waals surface area contributed by atoms with Crippen molar-refractivity contribution in [2.45, 2.75) is 44.6 Å². The van der Waals surface area contributed by atoms with E-state index in [1.165, 1.54) is 19.3 Å². The first-order valence-corrected chi connectivity index (χ1v) is 10.6. The summed E-state index contributed by atoms with van der Waals surface area (Å²) < 4.78 is 5.64. The third-order valence-electron chi connectivity index (χ3n) is 5.88. The van der Waals surface area contributed by atoms with Gasteiger partial charge in [0, 0.05) is 25.2 Å². The molecule has 154 valence electrons. The highest BCUT2D eigenvalue weighted by Crippen LogP contribution is 2.25. The molecule has 2 aliphatic rings. The SMILES string of the molecule is O=C(Cc1ccc(N2CCCC2=O)cc1)NCC(c1ccco1)N1CCCCC1. The van der Waals surface area contributed by atoms with Crippen LogP contribution in [0.4, 0.5) is 5.69 Å². The maximum atomic E-state index is 12.5. The third-order valence-corrected chi connectivity index (χ3v) is 5.88. The molecule has 1 atom stereocenters. The summed E-state index contributed by atoms with van der Waals surface area (Å²) in [6.45, 7) is 3.41. The van der Waals surface area contributed by atoms with Crippen LogP contribution in [0.3, 0.4) is 0 Å². The molecule has 6 heteroatoms. The van der Waals surface area contributed by atoms with Crippen molar-refractivity contribution in [3.63, 3.8) is 0 Å². The van der Waals surface area contributed by atoms with Gasteiger partial charge < -0.3 is 14.6 Å². The predicted molar refractivity (Wildman–Crippen MR) is 112 cm³/mol. The van der Waals surface area contributed by atoms with E-state index in [0.29, 0.717) is 19.4 Å². The Bertz CT molecular complexity index is 810. The topological polar surface area (TPSA) is 65.8 Å². The van der Waals surface area contributed by atoms with Crippen molar-refractivity contribution < 1.29 is 14.0 Å². The Balaban J connectivity index is 1.33. The lowest BCUT2D eigenvalue weighted by molar-refractivity contribution is -0.120. The van der Waals surface area contributed by atoms with Crippen molar-refractivity contribution in [3.8, 4) is 0 Å². The minimum atomic E-state index is 0.00330. The molecule has 0 spiro atoms. The lowest BCUT2D eigenvalue weighted by Crippen LogP contribution is -2.40. The molecule has 3 heterocycles. The van der Waals surface area contributed by atoms with Gasteiger partial charge in [-0.1, -0.05) is 18.6 Å². The van der Waals surface area contributed by atoms with Crippen molar-refractivity contribution in [1.82, 2.24) is 10.2 Å². The minimum Gasteiger partial charge on any atom is -0.468 e. The van der Waals surface area contributed by atoms with Crippen LogP contribution in [0.25, 0.3) is 0 Å². The molecule has 2 amide bonds. The number of anilines is 1. The molecule has 0 radical (unpaired) electrons. The van der Waals surface area contributed by atoms with Crippen LogP contribution >= 0.6 is 0 Å². The van der Waals surface area contributed by atoms with Gasteiger partial charge in [0.15, 0.2) is 0 Å². The van der Waals surface area contributed by atoms with Gasteiger partial charge in [-0.15, -0.1) is 0 Å². The van der Waals surface area contributed by atoms with Gasteiger partial charge >= 0.3 is 0 Å². The number of hydrogen-bond acceptors (Lipinski definition) is 4. The van der Waals surface area contributed by atoms with E-state index in [-0.39, 0.29) is 17.9 Å². The van der Waals surface area contributed by atoms with Gasteiger partial charge in [-0.2, -0.15) is 0 Å². The summed E-state index contributed by atoms with van der Waals surface area (Å²) in [5.74, 6) is 1.09. The molecule has 0 saturated carbocycles. The molecule has 29 heavy (non-hydrogen) atoms. The Morgan fingerprint density at radius 3 is 2.48 bits per heavy atom. The molecule has 1 unspecified atom stereocenters. The lowest BCUT2D eigenvalue weighted by atomic mass is 10.1. The molecule has 1 N–H and O–H groups in total. The Hall–Kier alpha value is -2.60. The average molecular weight is 396 g/mol. The zero-order valence-corrected chi connectivity index (χ0v) is 16.8. The first kappa shape index (κ1) is 19.7. The molecule has 4 rings (SSSR count). The highest BCUT2D eigenvalue weighted by Gasteiger charge is 2.25. The minimum absolute atomic E-state index is 0.00330. The number of likely N-dealkylation sites (tertiary alicyclic amines) is 1. The monoisotopic (exact) mass is 395 g/mol. The van der Waals surface area contributed by atoms with Crippen LogP contribution in [0.15, 0.2) is 47.1 Å². The van der Waals surface area contributed by atoms with Gasteiger partial charge in [-0.25, -0.2) is 0 Å². The summed E-state index contributed by atoms with van der Waals surface area (Å²) in [6.07, 6.45) is 7.22. The van der Waals surface area contributed by atoms with Crippen molar-refractivity contribution in [3.05, 3.63) is 54.0 Å². The number of hydrogen-bond donors (Lipinski definition) is 1. The summed E-state index contributed by atoms with van der Waals surface area (Å²) in [7, 11) is 0. The van der Waals surface area contributed by atoms with E-state index in [4.69, 9.17) is 4.42 Å². The van der Waals surface area contributed by atoms with Crippen molar-refractivity contribution >= 4 is 17.5 Å². The van der Waals surface area contributed by atoms with Crippen LogP contribution in [0.1, 0.15) is 49.5 Å².